The number of piperidine rings is 1. The van der Waals surface area contributed by atoms with Gasteiger partial charge in [-0.3, -0.25) is 4.90 Å². The third-order valence-electron chi connectivity index (χ3n) is 4.23. The average Bonchev–Trinajstić information content (AvgIpc) is 2.96. The van der Waals surface area contributed by atoms with Gasteiger partial charge in [0.05, 0.1) is 0 Å². The van der Waals surface area contributed by atoms with Gasteiger partial charge in [-0.1, -0.05) is 6.42 Å². The molecule has 0 saturated carbocycles. The normalized spacial score (nSPS) is 25.6. The van der Waals surface area contributed by atoms with E-state index in [4.69, 9.17) is 5.73 Å². The van der Waals surface area contributed by atoms with Crippen LogP contribution >= 0.6 is 11.3 Å². The zero-order valence-corrected chi connectivity index (χ0v) is 13.1. The van der Waals surface area contributed by atoms with E-state index in [1.807, 2.05) is 6.07 Å². The molecule has 0 spiro atoms. The Morgan fingerprint density at radius 3 is 2.85 bits per heavy atom. The van der Waals surface area contributed by atoms with Crippen LogP contribution in [0.5, 0.6) is 0 Å². The maximum Gasteiger partial charge on any atom is 0.252 e. The second-order valence-electron chi connectivity index (χ2n) is 5.47. The Bertz CT molecular complexity index is 570. The average molecular weight is 315 g/mol. The van der Waals surface area contributed by atoms with Crippen molar-refractivity contribution in [2.24, 2.45) is 5.73 Å². The number of nitrogens with two attached hydrogens (primary N) is 1. The van der Waals surface area contributed by atoms with Crippen LogP contribution in [0.4, 0.5) is 0 Å². The van der Waals surface area contributed by atoms with Gasteiger partial charge in [-0.15, -0.1) is 11.3 Å². The molecule has 3 rings (SSSR count). The van der Waals surface area contributed by atoms with Crippen molar-refractivity contribution < 1.29 is 8.42 Å². The molecule has 2 aliphatic rings. The highest BCUT2D eigenvalue weighted by Crippen LogP contribution is 2.28. The molecule has 2 fully saturated rings. The lowest BCUT2D eigenvalue weighted by Crippen LogP contribution is -2.55. The Labute approximate surface area is 124 Å². The highest BCUT2D eigenvalue weighted by Gasteiger charge is 2.35. The van der Waals surface area contributed by atoms with Crippen molar-refractivity contribution in [1.29, 1.82) is 0 Å². The van der Waals surface area contributed by atoms with Gasteiger partial charge in [0.25, 0.3) is 10.0 Å². The van der Waals surface area contributed by atoms with Crippen LogP contribution < -0.4 is 5.73 Å². The van der Waals surface area contributed by atoms with Crippen molar-refractivity contribution >= 4 is 21.4 Å². The van der Waals surface area contributed by atoms with E-state index in [1.54, 1.807) is 10.4 Å². The minimum atomic E-state index is -3.33. The molecule has 1 atom stereocenters. The summed E-state index contributed by atoms with van der Waals surface area (Å²) in [6, 6.07) is 3.91. The zero-order chi connectivity index (χ0) is 14.2. The molecule has 2 saturated heterocycles. The number of rotatable bonds is 3. The lowest BCUT2D eigenvalue weighted by atomic mass is 10.0. The molecule has 0 bridgehead atoms. The summed E-state index contributed by atoms with van der Waals surface area (Å²) in [6.45, 7) is 3.62. The first kappa shape index (κ1) is 14.5. The zero-order valence-electron chi connectivity index (χ0n) is 11.5. The van der Waals surface area contributed by atoms with Gasteiger partial charge in [0.1, 0.15) is 4.21 Å². The summed E-state index contributed by atoms with van der Waals surface area (Å²) in [6.07, 6.45) is 3.57. The molecule has 20 heavy (non-hydrogen) atoms. The van der Waals surface area contributed by atoms with Crippen molar-refractivity contribution in [3.63, 3.8) is 0 Å². The second-order valence-corrected chi connectivity index (χ2v) is 8.81. The van der Waals surface area contributed by atoms with Gasteiger partial charge in [0.15, 0.2) is 0 Å². The smallest absolute Gasteiger partial charge is 0.252 e. The van der Waals surface area contributed by atoms with E-state index in [0.717, 1.165) is 24.4 Å². The lowest BCUT2D eigenvalue weighted by molar-refractivity contribution is 0.0852. The molecule has 1 aromatic heterocycles. The number of nitrogens with zero attached hydrogens (tertiary/aromatic N) is 2. The molecule has 1 unspecified atom stereocenters. The largest absolute Gasteiger partial charge is 0.326 e. The molecular formula is C13H21N3O2S2. The van der Waals surface area contributed by atoms with Crippen LogP contribution in [0, 0.1) is 0 Å². The molecule has 1 aromatic rings. The molecule has 2 N–H and O–H groups in total. The van der Waals surface area contributed by atoms with E-state index in [2.05, 4.69) is 4.90 Å². The Hall–Kier alpha value is -0.470. The summed E-state index contributed by atoms with van der Waals surface area (Å²) < 4.78 is 27.4. The fourth-order valence-electron chi connectivity index (χ4n) is 3.08. The standard InChI is InChI=1S/C13H21N3O2S2/c14-9-12-4-5-13(19-12)20(17,18)16-8-7-15-6-2-1-3-11(15)10-16/h4-5,11H,1-3,6-10,14H2. The third-order valence-corrected chi connectivity index (χ3v) is 7.67. The highest BCUT2D eigenvalue weighted by molar-refractivity contribution is 7.91. The van der Waals surface area contributed by atoms with Crippen molar-refractivity contribution in [3.8, 4) is 0 Å². The summed E-state index contributed by atoms with van der Waals surface area (Å²) in [5, 5.41) is 0. The number of thiophene rings is 1. The topological polar surface area (TPSA) is 66.6 Å². The lowest BCUT2D eigenvalue weighted by Gasteiger charge is -2.43. The quantitative estimate of drug-likeness (QED) is 0.906. The van der Waals surface area contributed by atoms with Gasteiger partial charge in [-0.2, -0.15) is 4.31 Å². The van der Waals surface area contributed by atoms with Gasteiger partial charge in [-0.25, -0.2) is 8.42 Å². The predicted molar refractivity (Wildman–Crippen MR) is 80.2 cm³/mol. The Morgan fingerprint density at radius 1 is 1.25 bits per heavy atom. The maximum absolute atomic E-state index is 12.7. The molecule has 112 valence electrons. The molecule has 5 nitrogen and oxygen atoms in total. The van der Waals surface area contributed by atoms with Crippen LogP contribution in [0.3, 0.4) is 0 Å². The second kappa shape index (κ2) is 5.73. The first-order valence-electron chi connectivity index (χ1n) is 7.14. The fraction of sp³-hybridized carbons (Fsp3) is 0.692. The van der Waals surface area contributed by atoms with Gasteiger partial charge < -0.3 is 5.73 Å². The number of sulfonamides is 1. The Balaban J connectivity index is 1.77. The Kier molecular flexibility index (Phi) is 4.14. The van der Waals surface area contributed by atoms with E-state index in [9.17, 15) is 8.42 Å². The van der Waals surface area contributed by atoms with Gasteiger partial charge in [0.2, 0.25) is 0 Å². The van der Waals surface area contributed by atoms with Crippen LogP contribution in [-0.4, -0.2) is 49.8 Å². The maximum atomic E-state index is 12.7. The summed E-state index contributed by atoms with van der Waals surface area (Å²) in [5.41, 5.74) is 5.57. The molecule has 0 aromatic carbocycles. The van der Waals surface area contributed by atoms with Gasteiger partial charge >= 0.3 is 0 Å². The van der Waals surface area contributed by atoms with Crippen LogP contribution in [0.15, 0.2) is 16.3 Å². The Morgan fingerprint density at radius 2 is 2.10 bits per heavy atom. The van der Waals surface area contributed by atoms with Crippen LogP contribution in [0.25, 0.3) is 0 Å². The number of fused-ring (bicyclic) bond motifs is 1. The third kappa shape index (κ3) is 2.65. The molecule has 0 amide bonds. The molecule has 3 heterocycles. The predicted octanol–water partition coefficient (Wildman–Crippen LogP) is 1.07. The van der Waals surface area contributed by atoms with E-state index in [-0.39, 0.29) is 0 Å². The summed E-state index contributed by atoms with van der Waals surface area (Å²) >= 11 is 1.29. The van der Waals surface area contributed by atoms with Crippen molar-refractivity contribution in [3.05, 3.63) is 17.0 Å². The summed E-state index contributed by atoms with van der Waals surface area (Å²) in [5.74, 6) is 0. The summed E-state index contributed by atoms with van der Waals surface area (Å²) in [4.78, 5) is 3.36. The van der Waals surface area contributed by atoms with Gasteiger partial charge in [0, 0.05) is 37.1 Å². The monoisotopic (exact) mass is 315 g/mol. The fourth-order valence-corrected chi connectivity index (χ4v) is 5.94. The van der Waals surface area contributed by atoms with E-state index < -0.39 is 10.0 Å². The van der Waals surface area contributed by atoms with E-state index in [1.165, 1.54) is 24.2 Å². The first-order valence-corrected chi connectivity index (χ1v) is 9.40. The molecule has 2 aliphatic heterocycles. The first-order chi connectivity index (χ1) is 9.61. The van der Waals surface area contributed by atoms with E-state index in [0.29, 0.717) is 29.9 Å². The van der Waals surface area contributed by atoms with Crippen LogP contribution in [0.2, 0.25) is 0 Å². The van der Waals surface area contributed by atoms with Gasteiger partial charge in [-0.05, 0) is 31.5 Å². The van der Waals surface area contributed by atoms with Crippen LogP contribution in [-0.2, 0) is 16.6 Å². The minimum absolute atomic E-state index is 0.399. The molecular weight excluding hydrogens is 294 g/mol. The number of piperazine rings is 1. The molecule has 7 heteroatoms. The van der Waals surface area contributed by atoms with Crippen molar-refractivity contribution in [2.45, 2.75) is 36.1 Å². The molecule has 0 aliphatic carbocycles. The number of hydrogen-bond donors (Lipinski definition) is 1. The number of hydrogen-bond acceptors (Lipinski definition) is 5. The highest BCUT2D eigenvalue weighted by atomic mass is 32.2. The molecule has 0 radical (unpaired) electrons. The van der Waals surface area contributed by atoms with E-state index >= 15 is 0 Å². The van der Waals surface area contributed by atoms with Crippen molar-refractivity contribution in [1.82, 2.24) is 9.21 Å². The minimum Gasteiger partial charge on any atom is -0.326 e. The summed E-state index contributed by atoms with van der Waals surface area (Å²) in [7, 11) is -3.33. The SMILES string of the molecule is NCc1ccc(S(=O)(=O)N2CCN3CCCCC3C2)s1. The van der Waals surface area contributed by atoms with Crippen LogP contribution in [0.1, 0.15) is 24.1 Å². The van der Waals surface area contributed by atoms with Crippen molar-refractivity contribution in [2.75, 3.05) is 26.2 Å².